The molecule has 0 aliphatic carbocycles. The summed E-state index contributed by atoms with van der Waals surface area (Å²) in [6.45, 7) is 10.1. The topological polar surface area (TPSA) is 58.6 Å². The summed E-state index contributed by atoms with van der Waals surface area (Å²) in [5.41, 5.74) is 2.92. The van der Waals surface area contributed by atoms with Gasteiger partial charge in [0.2, 0.25) is 5.91 Å². The van der Waals surface area contributed by atoms with E-state index in [1.54, 1.807) is 12.1 Å². The van der Waals surface area contributed by atoms with Gasteiger partial charge >= 0.3 is 5.97 Å². The Morgan fingerprint density at radius 3 is 2.26 bits per heavy atom. The maximum absolute atomic E-state index is 13.2. The van der Waals surface area contributed by atoms with Crippen molar-refractivity contribution in [1.82, 2.24) is 5.32 Å². The number of anilines is 1. The first-order valence-corrected chi connectivity index (χ1v) is 11.2. The van der Waals surface area contributed by atoms with Crippen LogP contribution in [0.1, 0.15) is 74.4 Å². The predicted molar refractivity (Wildman–Crippen MR) is 125 cm³/mol. The monoisotopic (exact) mass is 422 g/mol. The minimum absolute atomic E-state index is 0.0306. The quantitative estimate of drug-likeness (QED) is 0.673. The molecule has 1 aliphatic heterocycles. The second kappa shape index (κ2) is 9.99. The van der Waals surface area contributed by atoms with Crippen LogP contribution in [0.2, 0.25) is 0 Å². The molecule has 2 aromatic rings. The zero-order valence-electron chi connectivity index (χ0n) is 19.1. The molecule has 1 amide bonds. The molecule has 1 heterocycles. The van der Waals surface area contributed by atoms with Crippen LogP contribution < -0.4 is 10.2 Å². The minimum atomic E-state index is -0.549. The summed E-state index contributed by atoms with van der Waals surface area (Å²) in [4.78, 5) is 28.0. The van der Waals surface area contributed by atoms with Crippen molar-refractivity contribution >= 4 is 17.6 Å². The summed E-state index contributed by atoms with van der Waals surface area (Å²) in [5.74, 6) is -0.829. The molecule has 0 spiro atoms. The molecule has 5 nitrogen and oxygen atoms in total. The van der Waals surface area contributed by atoms with Crippen molar-refractivity contribution in [2.75, 3.05) is 24.5 Å². The van der Waals surface area contributed by atoms with E-state index in [9.17, 15) is 9.59 Å². The van der Waals surface area contributed by atoms with Crippen LogP contribution in [-0.4, -0.2) is 37.1 Å². The van der Waals surface area contributed by atoms with Crippen molar-refractivity contribution in [3.8, 4) is 0 Å². The number of esters is 1. The molecule has 1 saturated heterocycles. The first kappa shape index (κ1) is 22.9. The number of rotatable bonds is 6. The van der Waals surface area contributed by atoms with E-state index in [1.807, 2.05) is 58.0 Å². The Morgan fingerprint density at radius 2 is 1.65 bits per heavy atom. The molecule has 166 valence electrons. The lowest BCUT2D eigenvalue weighted by atomic mass is 9.88. The highest BCUT2D eigenvalue weighted by molar-refractivity contribution is 5.91. The van der Waals surface area contributed by atoms with Crippen molar-refractivity contribution in [3.05, 3.63) is 65.2 Å². The van der Waals surface area contributed by atoms with E-state index in [4.69, 9.17) is 4.74 Å². The van der Waals surface area contributed by atoms with Crippen LogP contribution in [0.25, 0.3) is 0 Å². The summed E-state index contributed by atoms with van der Waals surface area (Å²) < 4.78 is 5.47. The molecule has 5 heteroatoms. The number of para-hydroxylation sites is 1. The SMILES string of the molecule is CCNC(=O)C(c1ccc(C(=O)OC(C)(C)C)cc1)c1ccccc1N1CCCCC1. The number of hydrogen-bond donors (Lipinski definition) is 1. The van der Waals surface area contributed by atoms with E-state index in [0.717, 1.165) is 29.9 Å². The van der Waals surface area contributed by atoms with Gasteiger partial charge in [-0.05, 0) is 76.3 Å². The summed E-state index contributed by atoms with van der Waals surface area (Å²) in [6, 6.07) is 15.4. The number of benzene rings is 2. The van der Waals surface area contributed by atoms with Gasteiger partial charge in [0, 0.05) is 25.3 Å². The van der Waals surface area contributed by atoms with Gasteiger partial charge in [-0.15, -0.1) is 0 Å². The van der Waals surface area contributed by atoms with Crippen molar-refractivity contribution < 1.29 is 14.3 Å². The molecule has 3 rings (SSSR count). The lowest BCUT2D eigenvalue weighted by Crippen LogP contribution is -2.34. The molecular weight excluding hydrogens is 388 g/mol. The number of likely N-dealkylation sites (N-methyl/N-ethyl adjacent to an activating group) is 1. The van der Waals surface area contributed by atoms with Crippen LogP contribution >= 0.6 is 0 Å². The molecule has 1 unspecified atom stereocenters. The van der Waals surface area contributed by atoms with Gasteiger partial charge in [0.15, 0.2) is 0 Å². The summed E-state index contributed by atoms with van der Waals surface area (Å²) >= 11 is 0. The fourth-order valence-electron chi connectivity index (χ4n) is 4.05. The van der Waals surface area contributed by atoms with Crippen LogP contribution in [0.3, 0.4) is 0 Å². The number of carbonyl (C=O) groups is 2. The van der Waals surface area contributed by atoms with E-state index < -0.39 is 11.5 Å². The number of carbonyl (C=O) groups excluding carboxylic acids is 2. The Morgan fingerprint density at radius 1 is 1.00 bits per heavy atom. The standard InChI is InChI=1S/C26H34N2O3/c1-5-27-24(29)23(19-13-15-20(16-14-19)25(30)31-26(2,3)4)21-11-7-8-12-22(21)28-17-9-6-10-18-28/h7-8,11-16,23H,5-6,9-10,17-18H2,1-4H3,(H,27,29). The Balaban J connectivity index is 1.96. The number of nitrogens with zero attached hydrogens (tertiary/aromatic N) is 1. The molecule has 1 aliphatic rings. The third-order valence-corrected chi connectivity index (χ3v) is 5.44. The van der Waals surface area contributed by atoms with E-state index in [2.05, 4.69) is 16.3 Å². The average molecular weight is 423 g/mol. The Hall–Kier alpha value is -2.82. The maximum Gasteiger partial charge on any atom is 0.338 e. The maximum atomic E-state index is 13.2. The second-order valence-electron chi connectivity index (χ2n) is 9.06. The van der Waals surface area contributed by atoms with Gasteiger partial charge in [0.1, 0.15) is 5.60 Å². The zero-order chi connectivity index (χ0) is 22.4. The van der Waals surface area contributed by atoms with Crippen LogP contribution in [0.15, 0.2) is 48.5 Å². The molecule has 1 N–H and O–H groups in total. The smallest absolute Gasteiger partial charge is 0.338 e. The summed E-state index contributed by atoms with van der Waals surface area (Å²) in [7, 11) is 0. The summed E-state index contributed by atoms with van der Waals surface area (Å²) in [6.07, 6.45) is 3.60. The lowest BCUT2D eigenvalue weighted by molar-refractivity contribution is -0.121. The van der Waals surface area contributed by atoms with Gasteiger partial charge in [-0.2, -0.15) is 0 Å². The Bertz CT molecular complexity index is 894. The van der Waals surface area contributed by atoms with Crippen molar-refractivity contribution in [1.29, 1.82) is 0 Å². The molecule has 0 saturated carbocycles. The van der Waals surface area contributed by atoms with E-state index in [0.29, 0.717) is 12.1 Å². The molecule has 1 atom stereocenters. The van der Waals surface area contributed by atoms with Gasteiger partial charge in [-0.1, -0.05) is 30.3 Å². The molecule has 2 aromatic carbocycles. The van der Waals surface area contributed by atoms with Crippen LogP contribution in [0, 0.1) is 0 Å². The van der Waals surface area contributed by atoms with Crippen molar-refractivity contribution in [3.63, 3.8) is 0 Å². The Labute approximate surface area is 185 Å². The predicted octanol–water partition coefficient (Wildman–Crippen LogP) is 4.90. The first-order chi connectivity index (χ1) is 14.8. The van der Waals surface area contributed by atoms with Crippen LogP contribution in [-0.2, 0) is 9.53 Å². The largest absolute Gasteiger partial charge is 0.456 e. The molecule has 0 radical (unpaired) electrons. The molecule has 31 heavy (non-hydrogen) atoms. The molecule has 1 fully saturated rings. The second-order valence-corrected chi connectivity index (χ2v) is 9.06. The number of amides is 1. The minimum Gasteiger partial charge on any atom is -0.456 e. The number of ether oxygens (including phenoxy) is 1. The third-order valence-electron chi connectivity index (χ3n) is 5.44. The van der Waals surface area contributed by atoms with Gasteiger partial charge < -0.3 is 15.0 Å². The number of nitrogens with one attached hydrogen (secondary N) is 1. The van der Waals surface area contributed by atoms with Gasteiger partial charge in [-0.3, -0.25) is 4.79 Å². The van der Waals surface area contributed by atoms with Crippen LogP contribution in [0.4, 0.5) is 5.69 Å². The van der Waals surface area contributed by atoms with Crippen molar-refractivity contribution in [2.45, 2.75) is 58.5 Å². The highest BCUT2D eigenvalue weighted by Crippen LogP contribution is 2.34. The highest BCUT2D eigenvalue weighted by atomic mass is 16.6. The van der Waals surface area contributed by atoms with Gasteiger partial charge in [0.25, 0.3) is 0 Å². The van der Waals surface area contributed by atoms with Crippen molar-refractivity contribution in [2.24, 2.45) is 0 Å². The van der Waals surface area contributed by atoms with E-state index >= 15 is 0 Å². The molecule has 0 bridgehead atoms. The van der Waals surface area contributed by atoms with Crippen LogP contribution in [0.5, 0.6) is 0 Å². The van der Waals surface area contributed by atoms with E-state index in [1.165, 1.54) is 19.3 Å². The third kappa shape index (κ3) is 5.87. The number of piperidine rings is 1. The molecule has 0 aromatic heterocycles. The molecular formula is C26H34N2O3. The fourth-order valence-corrected chi connectivity index (χ4v) is 4.05. The summed E-state index contributed by atoms with van der Waals surface area (Å²) in [5, 5.41) is 2.99. The van der Waals surface area contributed by atoms with Gasteiger partial charge in [0.05, 0.1) is 11.5 Å². The fraction of sp³-hybridized carbons (Fsp3) is 0.462. The lowest BCUT2D eigenvalue weighted by Gasteiger charge is -2.32. The average Bonchev–Trinajstić information content (AvgIpc) is 2.74. The zero-order valence-corrected chi connectivity index (χ0v) is 19.1. The normalized spacial score (nSPS) is 15.3. The first-order valence-electron chi connectivity index (χ1n) is 11.2. The number of hydrogen-bond acceptors (Lipinski definition) is 4. The highest BCUT2D eigenvalue weighted by Gasteiger charge is 2.27. The Kier molecular flexibility index (Phi) is 7.37. The van der Waals surface area contributed by atoms with E-state index in [-0.39, 0.29) is 11.9 Å². The van der Waals surface area contributed by atoms with Gasteiger partial charge in [-0.25, -0.2) is 4.79 Å².